The fraction of sp³-hybridized carbons (Fsp3) is 0.273. The first-order valence-electron chi connectivity index (χ1n) is 5.60. The second-order valence-corrected chi connectivity index (χ2v) is 5.07. The van der Waals surface area contributed by atoms with Crippen molar-refractivity contribution in [2.24, 2.45) is 0 Å². The molecule has 0 saturated carbocycles. The topological polar surface area (TPSA) is 122 Å². The number of ether oxygens (including phenoxy) is 1. The van der Waals surface area contributed by atoms with Gasteiger partial charge in [0.25, 0.3) is 0 Å². The molecule has 0 radical (unpaired) electrons. The minimum atomic E-state index is -4.35. The summed E-state index contributed by atoms with van der Waals surface area (Å²) < 4.78 is 31.1. The highest BCUT2D eigenvalue weighted by Gasteiger charge is 2.26. The van der Waals surface area contributed by atoms with Crippen LogP contribution in [0.1, 0.15) is 18.5 Å². The fourth-order valence-electron chi connectivity index (χ4n) is 1.36. The van der Waals surface area contributed by atoms with Crippen LogP contribution in [-0.2, 0) is 19.7 Å². The molecule has 0 aromatic heterocycles. The summed E-state index contributed by atoms with van der Waals surface area (Å²) in [5, 5.41) is 9.06. The second-order valence-electron chi connectivity index (χ2n) is 3.63. The third kappa shape index (κ3) is 4.86. The number of amides is 1. The molecular formula is C11H14N2O6S. The third-order valence-corrected chi connectivity index (χ3v) is 3.13. The Hall–Kier alpha value is -2.13. The van der Waals surface area contributed by atoms with Crippen LogP contribution in [0.5, 0.6) is 0 Å². The quantitative estimate of drug-likeness (QED) is 0.699. The lowest BCUT2D eigenvalue weighted by Gasteiger charge is -2.15. The highest BCUT2D eigenvalue weighted by atomic mass is 32.2. The van der Waals surface area contributed by atoms with E-state index in [1.54, 1.807) is 22.9 Å². The van der Waals surface area contributed by atoms with Crippen molar-refractivity contribution >= 4 is 22.3 Å². The normalized spacial score (nSPS) is 12.4. The minimum Gasteiger partial charge on any atom is -0.480 e. The van der Waals surface area contributed by atoms with E-state index in [9.17, 15) is 18.0 Å². The molecule has 1 rings (SSSR count). The zero-order valence-corrected chi connectivity index (χ0v) is 11.4. The van der Waals surface area contributed by atoms with E-state index in [1.165, 1.54) is 19.1 Å². The summed E-state index contributed by atoms with van der Waals surface area (Å²) in [4.78, 5) is 22.2. The summed E-state index contributed by atoms with van der Waals surface area (Å²) in [6.45, 7) is 1.49. The van der Waals surface area contributed by atoms with E-state index in [2.05, 4.69) is 4.74 Å². The summed E-state index contributed by atoms with van der Waals surface area (Å²) in [5.41, 5.74) is 0.231. The summed E-state index contributed by atoms with van der Waals surface area (Å²) >= 11 is 0. The number of hydrogen-bond acceptors (Lipinski definition) is 5. The van der Waals surface area contributed by atoms with Gasteiger partial charge in [0.15, 0.2) is 0 Å². The molecule has 0 bridgehead atoms. The molecule has 9 heteroatoms. The monoisotopic (exact) mass is 302 g/mol. The number of benzene rings is 1. The highest BCUT2D eigenvalue weighted by Crippen LogP contribution is 2.13. The molecule has 0 aliphatic carbocycles. The predicted octanol–water partition coefficient (Wildman–Crippen LogP) is 0.393. The average Bonchev–Trinajstić information content (AvgIpc) is 2.36. The van der Waals surface area contributed by atoms with Gasteiger partial charge in [0, 0.05) is 0 Å². The lowest BCUT2D eigenvalue weighted by atomic mass is 10.1. The summed E-state index contributed by atoms with van der Waals surface area (Å²) in [5.74, 6) is -1.40. The van der Waals surface area contributed by atoms with Gasteiger partial charge in [-0.25, -0.2) is 9.52 Å². The standard InChI is InChI=1S/C11H14N2O6S/c1-2-19-11(16)13-20(17,18)12-9(10(14)15)8-6-4-3-5-7-8/h3-7,9,12H,2H2,1H3,(H,13,16)(H,14,15)/t9-/m0/s1. The molecule has 8 nitrogen and oxygen atoms in total. The van der Waals surface area contributed by atoms with Crippen molar-refractivity contribution < 1.29 is 27.9 Å². The molecule has 1 atom stereocenters. The SMILES string of the molecule is CCOC(=O)NS(=O)(=O)N[C@H](C(=O)O)c1ccccc1. The van der Waals surface area contributed by atoms with Crippen LogP contribution in [0.3, 0.4) is 0 Å². The molecule has 1 aromatic rings. The van der Waals surface area contributed by atoms with Crippen LogP contribution in [0, 0.1) is 0 Å². The molecule has 1 amide bonds. The fourth-order valence-corrected chi connectivity index (χ4v) is 2.25. The van der Waals surface area contributed by atoms with Crippen molar-refractivity contribution in [3.05, 3.63) is 35.9 Å². The smallest absolute Gasteiger partial charge is 0.421 e. The number of carbonyl (C=O) groups excluding carboxylic acids is 1. The first kappa shape index (κ1) is 15.9. The number of carboxylic acid groups (broad SMARTS) is 1. The maximum absolute atomic E-state index is 11.6. The number of nitrogens with one attached hydrogen (secondary N) is 2. The molecule has 110 valence electrons. The summed E-state index contributed by atoms with van der Waals surface area (Å²) in [7, 11) is -4.35. The molecule has 3 N–H and O–H groups in total. The highest BCUT2D eigenvalue weighted by molar-refractivity contribution is 7.88. The van der Waals surface area contributed by atoms with Crippen LogP contribution < -0.4 is 9.44 Å². The molecular weight excluding hydrogens is 288 g/mol. The van der Waals surface area contributed by atoms with Gasteiger partial charge in [-0.1, -0.05) is 30.3 Å². The van der Waals surface area contributed by atoms with Gasteiger partial charge in [-0.2, -0.15) is 13.1 Å². The largest absolute Gasteiger partial charge is 0.480 e. The van der Waals surface area contributed by atoms with Crippen LogP contribution in [0.4, 0.5) is 4.79 Å². The number of rotatable bonds is 6. The second kappa shape index (κ2) is 6.87. The van der Waals surface area contributed by atoms with Crippen molar-refractivity contribution in [1.29, 1.82) is 0 Å². The number of carbonyl (C=O) groups is 2. The number of aliphatic carboxylic acids is 1. The zero-order chi connectivity index (χ0) is 15.2. The van der Waals surface area contributed by atoms with Crippen LogP contribution >= 0.6 is 0 Å². The van der Waals surface area contributed by atoms with Gasteiger partial charge in [0.2, 0.25) is 0 Å². The van der Waals surface area contributed by atoms with Crippen LogP contribution in [0.2, 0.25) is 0 Å². The maximum atomic E-state index is 11.6. The van der Waals surface area contributed by atoms with E-state index < -0.39 is 28.3 Å². The molecule has 1 aromatic carbocycles. The first-order valence-corrected chi connectivity index (χ1v) is 7.08. The van der Waals surface area contributed by atoms with Gasteiger partial charge in [0.1, 0.15) is 6.04 Å². The zero-order valence-electron chi connectivity index (χ0n) is 10.6. The van der Waals surface area contributed by atoms with E-state index in [4.69, 9.17) is 5.11 Å². The Labute approximate surface area is 115 Å². The Morgan fingerprint density at radius 2 is 1.90 bits per heavy atom. The van der Waals surface area contributed by atoms with E-state index in [1.807, 2.05) is 4.72 Å². The Morgan fingerprint density at radius 1 is 1.30 bits per heavy atom. The van der Waals surface area contributed by atoms with Gasteiger partial charge >= 0.3 is 22.3 Å². The summed E-state index contributed by atoms with van der Waals surface area (Å²) in [6, 6.07) is 6.19. The number of carboxylic acids is 1. The van der Waals surface area contributed by atoms with Gasteiger partial charge in [0.05, 0.1) is 6.61 Å². The lowest BCUT2D eigenvalue weighted by molar-refractivity contribution is -0.139. The Morgan fingerprint density at radius 3 is 2.40 bits per heavy atom. The molecule has 0 aliphatic heterocycles. The lowest BCUT2D eigenvalue weighted by Crippen LogP contribution is -2.44. The number of hydrogen-bond donors (Lipinski definition) is 3. The van der Waals surface area contributed by atoms with Crippen molar-refractivity contribution in [2.75, 3.05) is 6.61 Å². The Balaban J connectivity index is 2.86. The van der Waals surface area contributed by atoms with Gasteiger partial charge in [-0.3, -0.25) is 4.79 Å². The average molecular weight is 302 g/mol. The van der Waals surface area contributed by atoms with Gasteiger partial charge < -0.3 is 9.84 Å². The van der Waals surface area contributed by atoms with E-state index >= 15 is 0 Å². The third-order valence-electron chi connectivity index (χ3n) is 2.15. The first-order chi connectivity index (χ1) is 9.35. The molecule has 0 unspecified atom stereocenters. The van der Waals surface area contributed by atoms with Crippen molar-refractivity contribution in [1.82, 2.24) is 9.44 Å². The van der Waals surface area contributed by atoms with Crippen LogP contribution in [-0.4, -0.2) is 32.2 Å². The van der Waals surface area contributed by atoms with Gasteiger partial charge in [-0.05, 0) is 12.5 Å². The van der Waals surface area contributed by atoms with Crippen LogP contribution in [0.15, 0.2) is 30.3 Å². The molecule has 0 aliphatic rings. The molecule has 0 spiro atoms. The minimum absolute atomic E-state index is 0.0115. The Kier molecular flexibility index (Phi) is 5.47. The van der Waals surface area contributed by atoms with Crippen LogP contribution in [0.25, 0.3) is 0 Å². The van der Waals surface area contributed by atoms with E-state index in [0.29, 0.717) is 0 Å². The molecule has 0 heterocycles. The molecule has 0 saturated heterocycles. The van der Waals surface area contributed by atoms with E-state index in [-0.39, 0.29) is 12.2 Å². The van der Waals surface area contributed by atoms with Gasteiger partial charge in [-0.15, -0.1) is 0 Å². The van der Waals surface area contributed by atoms with E-state index in [0.717, 1.165) is 0 Å². The summed E-state index contributed by atoms with van der Waals surface area (Å²) in [6.07, 6.45) is -1.18. The predicted molar refractivity (Wildman–Crippen MR) is 69.0 cm³/mol. The van der Waals surface area contributed by atoms with Crippen molar-refractivity contribution in [3.8, 4) is 0 Å². The van der Waals surface area contributed by atoms with Crippen molar-refractivity contribution in [3.63, 3.8) is 0 Å². The molecule has 0 fully saturated rings. The Bertz CT molecular complexity index is 572. The molecule has 20 heavy (non-hydrogen) atoms. The van der Waals surface area contributed by atoms with Crippen molar-refractivity contribution in [2.45, 2.75) is 13.0 Å². The maximum Gasteiger partial charge on any atom is 0.421 e.